The highest BCUT2D eigenvalue weighted by Crippen LogP contribution is 2.36. The minimum absolute atomic E-state index is 0.352. The maximum atomic E-state index is 10.0. The number of aliphatic hydroxyl groups is 1. The molecule has 2 heterocycles. The van der Waals surface area contributed by atoms with Crippen LogP contribution in [0.15, 0.2) is 0 Å². The fraction of sp³-hybridized carbons (Fsp3) is 0.786. The zero-order valence-corrected chi connectivity index (χ0v) is 12.3. The summed E-state index contributed by atoms with van der Waals surface area (Å²) in [6, 6.07) is 0. The number of rotatable bonds is 4. The van der Waals surface area contributed by atoms with E-state index in [9.17, 15) is 5.11 Å². The Kier molecular flexibility index (Phi) is 4.05. The van der Waals surface area contributed by atoms with Gasteiger partial charge in [-0.2, -0.15) is 0 Å². The second-order valence-corrected chi connectivity index (χ2v) is 6.45. The van der Waals surface area contributed by atoms with Crippen LogP contribution in [0.4, 0.5) is 5.13 Å². The molecule has 1 N–H and O–H groups in total. The maximum absolute atomic E-state index is 10.0. The van der Waals surface area contributed by atoms with Gasteiger partial charge in [-0.15, -0.1) is 11.3 Å². The third-order valence-electron chi connectivity index (χ3n) is 4.01. The number of aromatic nitrogens is 1. The summed E-state index contributed by atoms with van der Waals surface area (Å²) in [5, 5.41) is 11.1. The minimum Gasteiger partial charge on any atom is -0.387 e. The quantitative estimate of drug-likeness (QED) is 0.921. The number of ether oxygens (including phenoxy) is 1. The van der Waals surface area contributed by atoms with Gasteiger partial charge in [0.2, 0.25) is 0 Å². The lowest BCUT2D eigenvalue weighted by Gasteiger charge is -2.23. The maximum Gasteiger partial charge on any atom is 0.185 e. The van der Waals surface area contributed by atoms with Crippen LogP contribution in [0.3, 0.4) is 0 Å². The molecule has 2 unspecified atom stereocenters. The third-order valence-corrected chi connectivity index (χ3v) is 5.21. The predicted molar refractivity (Wildman–Crippen MR) is 76.9 cm³/mol. The van der Waals surface area contributed by atoms with Crippen molar-refractivity contribution in [1.29, 1.82) is 0 Å². The van der Waals surface area contributed by atoms with E-state index >= 15 is 0 Å². The second kappa shape index (κ2) is 5.77. The zero-order chi connectivity index (χ0) is 13.2. The van der Waals surface area contributed by atoms with Crippen LogP contribution >= 0.6 is 11.3 Å². The van der Waals surface area contributed by atoms with Crippen LogP contribution in [0, 0.1) is 0 Å². The van der Waals surface area contributed by atoms with Crippen LogP contribution in [-0.2, 0) is 11.2 Å². The van der Waals surface area contributed by atoms with E-state index in [2.05, 4.69) is 16.8 Å². The van der Waals surface area contributed by atoms with E-state index in [4.69, 9.17) is 4.74 Å². The lowest BCUT2D eigenvalue weighted by molar-refractivity contribution is 0.115. The molecule has 1 fully saturated rings. The molecule has 19 heavy (non-hydrogen) atoms. The van der Waals surface area contributed by atoms with Crippen LogP contribution in [0.1, 0.15) is 49.3 Å². The normalized spacial score (nSPS) is 26.4. The zero-order valence-electron chi connectivity index (χ0n) is 11.5. The van der Waals surface area contributed by atoms with Crippen LogP contribution in [0.2, 0.25) is 0 Å². The summed E-state index contributed by atoms with van der Waals surface area (Å²) in [6.07, 6.45) is 5.34. The summed E-state index contributed by atoms with van der Waals surface area (Å²) in [7, 11) is 0. The molecule has 1 aromatic heterocycles. The van der Waals surface area contributed by atoms with E-state index in [0.29, 0.717) is 6.10 Å². The van der Waals surface area contributed by atoms with Gasteiger partial charge in [-0.1, -0.05) is 0 Å². The number of hydrogen-bond donors (Lipinski definition) is 1. The molecule has 0 aromatic carbocycles. The van der Waals surface area contributed by atoms with Crippen molar-refractivity contribution in [3.8, 4) is 0 Å². The van der Waals surface area contributed by atoms with Gasteiger partial charge in [0.05, 0.1) is 17.9 Å². The van der Waals surface area contributed by atoms with E-state index in [1.54, 1.807) is 11.3 Å². The number of thiazole rings is 1. The first-order chi connectivity index (χ1) is 9.28. The van der Waals surface area contributed by atoms with Crippen molar-refractivity contribution in [3.05, 3.63) is 10.6 Å². The second-order valence-electron chi connectivity index (χ2n) is 5.39. The Bertz CT molecular complexity index is 429. The van der Waals surface area contributed by atoms with Gasteiger partial charge in [0.25, 0.3) is 0 Å². The van der Waals surface area contributed by atoms with Crippen molar-refractivity contribution in [2.75, 3.05) is 24.6 Å². The highest BCUT2D eigenvalue weighted by molar-refractivity contribution is 7.15. The highest BCUT2D eigenvalue weighted by Gasteiger charge is 2.26. The standard InChI is InChI=1S/C14H22N2O2S/c1-2-16(9-10-5-4-8-18-10)14-15-13-11(17)6-3-7-12(13)19-14/h10-11,17H,2-9H2,1H3. The fourth-order valence-corrected chi connectivity index (χ4v) is 4.12. The largest absolute Gasteiger partial charge is 0.387 e. The molecular weight excluding hydrogens is 260 g/mol. The first-order valence-corrected chi connectivity index (χ1v) is 8.13. The monoisotopic (exact) mass is 282 g/mol. The van der Waals surface area contributed by atoms with Crippen molar-refractivity contribution < 1.29 is 9.84 Å². The predicted octanol–water partition coefficient (Wildman–Crippen LogP) is 2.52. The van der Waals surface area contributed by atoms with E-state index in [1.807, 2.05) is 0 Å². The van der Waals surface area contributed by atoms with Crippen molar-refractivity contribution in [2.24, 2.45) is 0 Å². The molecule has 1 aliphatic heterocycles. The Morgan fingerprint density at radius 3 is 3.00 bits per heavy atom. The van der Waals surface area contributed by atoms with Crippen molar-refractivity contribution in [3.63, 3.8) is 0 Å². The Hall–Kier alpha value is -0.650. The van der Waals surface area contributed by atoms with E-state index in [0.717, 1.165) is 56.2 Å². The molecule has 5 heteroatoms. The number of likely N-dealkylation sites (N-methyl/N-ethyl adjacent to an activating group) is 1. The Morgan fingerprint density at radius 1 is 1.42 bits per heavy atom. The number of fused-ring (bicyclic) bond motifs is 1. The first-order valence-electron chi connectivity index (χ1n) is 7.32. The number of nitrogens with zero attached hydrogens (tertiary/aromatic N) is 2. The molecule has 1 saturated heterocycles. The van der Waals surface area contributed by atoms with Crippen LogP contribution in [0.5, 0.6) is 0 Å². The molecule has 0 bridgehead atoms. The molecule has 1 aromatic rings. The van der Waals surface area contributed by atoms with E-state index in [1.165, 1.54) is 11.3 Å². The number of aryl methyl sites for hydroxylation is 1. The lowest BCUT2D eigenvalue weighted by atomic mass is 10.0. The van der Waals surface area contributed by atoms with Gasteiger partial charge in [-0.3, -0.25) is 0 Å². The first kappa shape index (κ1) is 13.3. The topological polar surface area (TPSA) is 45.6 Å². The van der Waals surface area contributed by atoms with Crippen molar-refractivity contribution in [1.82, 2.24) is 4.98 Å². The van der Waals surface area contributed by atoms with Gasteiger partial charge in [0.1, 0.15) is 0 Å². The molecule has 0 amide bonds. The van der Waals surface area contributed by atoms with Gasteiger partial charge in [-0.05, 0) is 39.0 Å². The Balaban J connectivity index is 1.75. The summed E-state index contributed by atoms with van der Waals surface area (Å²) >= 11 is 1.75. The molecule has 2 atom stereocenters. The Labute approximate surface area is 118 Å². The van der Waals surface area contributed by atoms with Gasteiger partial charge in [0, 0.05) is 24.6 Å². The molecule has 106 valence electrons. The van der Waals surface area contributed by atoms with Gasteiger partial charge in [0.15, 0.2) is 5.13 Å². The van der Waals surface area contributed by atoms with E-state index in [-0.39, 0.29) is 6.10 Å². The summed E-state index contributed by atoms with van der Waals surface area (Å²) in [5.41, 5.74) is 0.928. The fourth-order valence-electron chi connectivity index (χ4n) is 2.89. The number of aliphatic hydroxyl groups excluding tert-OH is 1. The smallest absolute Gasteiger partial charge is 0.185 e. The molecule has 2 aliphatic rings. The summed E-state index contributed by atoms with van der Waals surface area (Å²) < 4.78 is 5.72. The van der Waals surface area contributed by atoms with Crippen molar-refractivity contribution >= 4 is 16.5 Å². The molecule has 0 spiro atoms. The van der Waals surface area contributed by atoms with Crippen LogP contribution in [0.25, 0.3) is 0 Å². The average Bonchev–Trinajstić information content (AvgIpc) is 3.05. The van der Waals surface area contributed by atoms with Gasteiger partial charge < -0.3 is 14.7 Å². The molecular formula is C14H22N2O2S. The molecule has 4 nitrogen and oxygen atoms in total. The van der Waals surface area contributed by atoms with Crippen LogP contribution < -0.4 is 4.90 Å². The summed E-state index contributed by atoms with van der Waals surface area (Å²) in [6.45, 7) is 4.93. The lowest BCUT2D eigenvalue weighted by Crippen LogP contribution is -2.31. The average molecular weight is 282 g/mol. The van der Waals surface area contributed by atoms with Gasteiger partial charge >= 0.3 is 0 Å². The van der Waals surface area contributed by atoms with Crippen molar-refractivity contribution in [2.45, 2.75) is 51.2 Å². The molecule has 3 rings (SSSR count). The Morgan fingerprint density at radius 2 is 2.32 bits per heavy atom. The molecule has 0 radical (unpaired) electrons. The molecule has 1 aliphatic carbocycles. The highest BCUT2D eigenvalue weighted by atomic mass is 32.1. The number of anilines is 1. The van der Waals surface area contributed by atoms with E-state index < -0.39 is 0 Å². The minimum atomic E-state index is -0.352. The van der Waals surface area contributed by atoms with Gasteiger partial charge in [-0.25, -0.2) is 4.98 Å². The third kappa shape index (κ3) is 2.78. The summed E-state index contributed by atoms with van der Waals surface area (Å²) in [4.78, 5) is 8.26. The number of hydrogen-bond acceptors (Lipinski definition) is 5. The molecule has 0 saturated carbocycles. The summed E-state index contributed by atoms with van der Waals surface area (Å²) in [5.74, 6) is 0. The SMILES string of the molecule is CCN(CC1CCCO1)c1nc2c(s1)CCCC2O. The van der Waals surface area contributed by atoms with Crippen LogP contribution in [-0.4, -0.2) is 35.9 Å².